The third kappa shape index (κ3) is 2.21. The van der Waals surface area contributed by atoms with E-state index in [4.69, 9.17) is 5.73 Å². The monoisotopic (exact) mass is 219 g/mol. The van der Waals surface area contributed by atoms with Crippen molar-refractivity contribution < 1.29 is 0 Å². The lowest BCUT2D eigenvalue weighted by molar-refractivity contribution is 0.654. The Kier molecular flexibility index (Phi) is 3.08. The summed E-state index contributed by atoms with van der Waals surface area (Å²) < 4.78 is 1.37. The number of thiophene rings is 1. The van der Waals surface area contributed by atoms with Crippen LogP contribution in [0.4, 0.5) is 0 Å². The fraction of sp³-hybridized carbons (Fsp3) is 0.385. The van der Waals surface area contributed by atoms with E-state index in [-0.39, 0.29) is 0 Å². The Morgan fingerprint density at radius 2 is 2.13 bits per heavy atom. The van der Waals surface area contributed by atoms with Crippen molar-refractivity contribution in [3.63, 3.8) is 0 Å². The van der Waals surface area contributed by atoms with E-state index in [1.54, 1.807) is 0 Å². The molecule has 1 heterocycles. The third-order valence-electron chi connectivity index (χ3n) is 2.51. The van der Waals surface area contributed by atoms with Gasteiger partial charge in [-0.3, -0.25) is 0 Å². The molecule has 2 heteroatoms. The highest BCUT2D eigenvalue weighted by atomic mass is 32.1. The molecule has 0 saturated heterocycles. The Morgan fingerprint density at radius 1 is 1.33 bits per heavy atom. The fourth-order valence-corrected chi connectivity index (χ4v) is 3.23. The molecular weight excluding hydrogens is 202 g/mol. The van der Waals surface area contributed by atoms with Crippen LogP contribution in [0.3, 0.4) is 0 Å². The van der Waals surface area contributed by atoms with Gasteiger partial charge in [0.1, 0.15) is 0 Å². The summed E-state index contributed by atoms with van der Waals surface area (Å²) in [6, 6.07) is 8.70. The quantitative estimate of drug-likeness (QED) is 0.839. The maximum Gasteiger partial charge on any atom is 0.0390 e. The summed E-state index contributed by atoms with van der Waals surface area (Å²) in [7, 11) is 0. The Hall–Kier alpha value is -0.860. The van der Waals surface area contributed by atoms with Crippen molar-refractivity contribution in [1.82, 2.24) is 0 Å². The van der Waals surface area contributed by atoms with E-state index in [0.717, 1.165) is 5.92 Å². The van der Waals surface area contributed by atoms with Crippen molar-refractivity contribution in [1.29, 1.82) is 0 Å². The van der Waals surface area contributed by atoms with Crippen molar-refractivity contribution in [3.05, 3.63) is 34.7 Å². The van der Waals surface area contributed by atoms with Crippen LogP contribution in [0.25, 0.3) is 10.1 Å². The van der Waals surface area contributed by atoms with Crippen molar-refractivity contribution in [3.8, 4) is 0 Å². The molecular formula is C13H17NS. The standard InChI is InChI=1S/C13H17NS/c1-9(2)6-12-7-10-4-3-5-11(8-14)13(10)15-12/h3-5,7,9H,6,8,14H2,1-2H3. The van der Waals surface area contributed by atoms with Crippen LogP contribution in [-0.4, -0.2) is 0 Å². The molecule has 80 valence electrons. The van der Waals surface area contributed by atoms with Crippen LogP contribution in [0.2, 0.25) is 0 Å². The normalized spacial score (nSPS) is 11.5. The Morgan fingerprint density at radius 3 is 2.80 bits per heavy atom. The first-order chi connectivity index (χ1) is 7.20. The Bertz CT molecular complexity index is 457. The van der Waals surface area contributed by atoms with Gasteiger partial charge in [0, 0.05) is 16.1 Å². The molecule has 2 aromatic rings. The first-order valence-corrected chi connectivity index (χ1v) is 6.22. The summed E-state index contributed by atoms with van der Waals surface area (Å²) in [5.74, 6) is 0.722. The minimum Gasteiger partial charge on any atom is -0.326 e. The predicted molar refractivity (Wildman–Crippen MR) is 68.3 cm³/mol. The minimum atomic E-state index is 0.638. The topological polar surface area (TPSA) is 26.0 Å². The summed E-state index contributed by atoms with van der Waals surface area (Å²) in [5, 5.41) is 1.35. The second kappa shape index (κ2) is 4.33. The van der Waals surface area contributed by atoms with E-state index in [0.29, 0.717) is 6.54 Å². The summed E-state index contributed by atoms with van der Waals surface area (Å²) >= 11 is 1.90. The van der Waals surface area contributed by atoms with Crippen molar-refractivity contribution in [2.75, 3.05) is 0 Å². The molecule has 0 spiro atoms. The van der Waals surface area contributed by atoms with Crippen LogP contribution in [-0.2, 0) is 13.0 Å². The molecule has 15 heavy (non-hydrogen) atoms. The van der Waals surface area contributed by atoms with Gasteiger partial charge >= 0.3 is 0 Å². The second-order valence-electron chi connectivity index (χ2n) is 4.35. The average molecular weight is 219 g/mol. The van der Waals surface area contributed by atoms with E-state index < -0.39 is 0 Å². The lowest BCUT2D eigenvalue weighted by atomic mass is 10.1. The lowest BCUT2D eigenvalue weighted by Gasteiger charge is -1.99. The fourth-order valence-electron chi connectivity index (χ4n) is 1.84. The number of fused-ring (bicyclic) bond motifs is 1. The predicted octanol–water partition coefficient (Wildman–Crippen LogP) is 3.56. The minimum absolute atomic E-state index is 0.638. The molecule has 0 unspecified atom stereocenters. The molecule has 0 amide bonds. The van der Waals surface area contributed by atoms with E-state index >= 15 is 0 Å². The van der Waals surface area contributed by atoms with E-state index in [1.807, 2.05) is 11.3 Å². The molecule has 0 aliphatic carbocycles. The highest BCUT2D eigenvalue weighted by Crippen LogP contribution is 2.30. The van der Waals surface area contributed by atoms with Crippen LogP contribution in [0, 0.1) is 5.92 Å². The number of benzene rings is 1. The zero-order chi connectivity index (χ0) is 10.8. The highest BCUT2D eigenvalue weighted by Gasteiger charge is 2.06. The molecule has 2 rings (SSSR count). The van der Waals surface area contributed by atoms with Crippen LogP contribution in [0.1, 0.15) is 24.3 Å². The maximum absolute atomic E-state index is 5.73. The number of nitrogens with two attached hydrogens (primary N) is 1. The molecule has 0 aliphatic heterocycles. The van der Waals surface area contributed by atoms with Gasteiger partial charge in [-0.05, 0) is 29.4 Å². The summed E-state index contributed by atoms with van der Waals surface area (Å²) in [6.07, 6.45) is 1.17. The maximum atomic E-state index is 5.73. The molecule has 1 nitrogen and oxygen atoms in total. The van der Waals surface area contributed by atoms with Gasteiger partial charge in [0.2, 0.25) is 0 Å². The molecule has 0 saturated carbocycles. The van der Waals surface area contributed by atoms with Crippen molar-refractivity contribution in [2.24, 2.45) is 11.7 Å². The number of hydrogen-bond acceptors (Lipinski definition) is 2. The molecule has 0 fully saturated rings. The third-order valence-corrected chi connectivity index (χ3v) is 3.75. The van der Waals surface area contributed by atoms with E-state index in [9.17, 15) is 0 Å². The first kappa shape index (κ1) is 10.7. The van der Waals surface area contributed by atoms with Gasteiger partial charge in [0.15, 0.2) is 0 Å². The van der Waals surface area contributed by atoms with Gasteiger partial charge < -0.3 is 5.73 Å². The van der Waals surface area contributed by atoms with Crippen LogP contribution in [0.5, 0.6) is 0 Å². The zero-order valence-electron chi connectivity index (χ0n) is 9.29. The zero-order valence-corrected chi connectivity index (χ0v) is 10.1. The summed E-state index contributed by atoms with van der Waals surface area (Å²) in [6.45, 7) is 5.15. The number of rotatable bonds is 3. The first-order valence-electron chi connectivity index (χ1n) is 5.41. The summed E-state index contributed by atoms with van der Waals surface area (Å²) in [4.78, 5) is 1.47. The van der Waals surface area contributed by atoms with Crippen molar-refractivity contribution >= 4 is 21.4 Å². The molecule has 2 N–H and O–H groups in total. The van der Waals surface area contributed by atoms with Crippen LogP contribution >= 0.6 is 11.3 Å². The average Bonchev–Trinajstić information content (AvgIpc) is 2.58. The number of hydrogen-bond donors (Lipinski definition) is 1. The smallest absolute Gasteiger partial charge is 0.0390 e. The van der Waals surface area contributed by atoms with E-state index in [1.165, 1.54) is 26.9 Å². The van der Waals surface area contributed by atoms with Gasteiger partial charge in [-0.2, -0.15) is 0 Å². The molecule has 1 aromatic carbocycles. The van der Waals surface area contributed by atoms with E-state index in [2.05, 4.69) is 38.1 Å². The molecule has 0 bridgehead atoms. The van der Waals surface area contributed by atoms with Gasteiger partial charge in [0.25, 0.3) is 0 Å². The van der Waals surface area contributed by atoms with Gasteiger partial charge in [-0.25, -0.2) is 0 Å². The largest absolute Gasteiger partial charge is 0.326 e. The van der Waals surface area contributed by atoms with Gasteiger partial charge in [-0.1, -0.05) is 32.0 Å². The highest BCUT2D eigenvalue weighted by molar-refractivity contribution is 7.19. The summed E-state index contributed by atoms with van der Waals surface area (Å²) in [5.41, 5.74) is 7.00. The molecule has 0 radical (unpaired) electrons. The van der Waals surface area contributed by atoms with Crippen molar-refractivity contribution in [2.45, 2.75) is 26.8 Å². The van der Waals surface area contributed by atoms with Gasteiger partial charge in [0.05, 0.1) is 0 Å². The molecule has 0 atom stereocenters. The Labute approximate surface area is 94.9 Å². The van der Waals surface area contributed by atoms with Gasteiger partial charge in [-0.15, -0.1) is 11.3 Å². The Balaban J connectivity index is 2.45. The van der Waals surface area contributed by atoms with Crippen LogP contribution < -0.4 is 5.73 Å². The SMILES string of the molecule is CC(C)Cc1cc2cccc(CN)c2s1. The molecule has 0 aliphatic rings. The molecule has 1 aromatic heterocycles. The second-order valence-corrected chi connectivity index (χ2v) is 5.49. The van der Waals surface area contributed by atoms with Crippen LogP contribution in [0.15, 0.2) is 24.3 Å². The lowest BCUT2D eigenvalue weighted by Crippen LogP contribution is -1.95.